The standard InChI is InChI=1S/C22H23NO6/c1-4-27-21(26)18(23-13-9-6-10-14-23)16(15-11-7-5-8-12-15)17-19(24)28-22(2,3)29-20(17)25/h5-14,16,18H,4H2,1-3H3/p+1. The van der Waals surface area contributed by atoms with Gasteiger partial charge in [0, 0.05) is 26.0 Å². The molecular weight excluding hydrogens is 374 g/mol. The Balaban J connectivity index is 2.22. The van der Waals surface area contributed by atoms with E-state index in [1.165, 1.54) is 13.8 Å². The lowest BCUT2D eigenvalue weighted by molar-refractivity contribution is -0.713. The minimum absolute atomic E-state index is 0.134. The largest absolute Gasteiger partial charge is 0.480 e. The number of carbonyl (C=O) groups is 2. The van der Waals surface area contributed by atoms with Crippen molar-refractivity contribution in [1.29, 1.82) is 0 Å². The Labute approximate surface area is 169 Å². The summed E-state index contributed by atoms with van der Waals surface area (Å²) in [7, 11) is 0. The first-order valence-electron chi connectivity index (χ1n) is 9.37. The molecule has 1 aliphatic heterocycles. The zero-order valence-corrected chi connectivity index (χ0v) is 16.6. The number of cyclic esters (lactones) is 1. The molecule has 0 amide bonds. The van der Waals surface area contributed by atoms with E-state index >= 15 is 0 Å². The number of aliphatic hydroxyl groups is 1. The van der Waals surface area contributed by atoms with Crippen molar-refractivity contribution >= 4 is 11.9 Å². The number of hydrogen-bond acceptors (Lipinski definition) is 6. The minimum atomic E-state index is -1.31. The number of nitrogens with zero attached hydrogens (tertiary/aromatic N) is 1. The number of esters is 2. The fourth-order valence-electron chi connectivity index (χ4n) is 3.36. The summed E-state index contributed by atoms with van der Waals surface area (Å²) in [4.78, 5) is 25.9. The normalized spacial score (nSPS) is 17.7. The van der Waals surface area contributed by atoms with Crippen molar-refractivity contribution < 1.29 is 33.5 Å². The van der Waals surface area contributed by atoms with Crippen molar-refractivity contribution in [2.45, 2.75) is 38.5 Å². The average Bonchev–Trinajstić information content (AvgIpc) is 2.67. The van der Waals surface area contributed by atoms with Crippen molar-refractivity contribution in [2.24, 2.45) is 0 Å². The van der Waals surface area contributed by atoms with Crippen LogP contribution in [-0.2, 0) is 23.8 Å². The van der Waals surface area contributed by atoms with Crippen molar-refractivity contribution in [2.75, 3.05) is 6.61 Å². The molecule has 0 bridgehead atoms. The minimum Gasteiger partial charge on any atom is -0.480 e. The maximum atomic E-state index is 13.0. The molecule has 0 fully saturated rings. The van der Waals surface area contributed by atoms with Crippen LogP contribution in [0.4, 0.5) is 0 Å². The molecule has 2 heterocycles. The van der Waals surface area contributed by atoms with Crippen molar-refractivity contribution in [3.05, 3.63) is 78.0 Å². The first-order chi connectivity index (χ1) is 13.8. The highest BCUT2D eigenvalue weighted by Crippen LogP contribution is 2.39. The van der Waals surface area contributed by atoms with Gasteiger partial charge in [0.25, 0.3) is 17.8 Å². The van der Waals surface area contributed by atoms with Gasteiger partial charge in [-0.1, -0.05) is 36.4 Å². The first-order valence-corrected chi connectivity index (χ1v) is 9.37. The predicted octanol–water partition coefficient (Wildman–Crippen LogP) is 2.94. The summed E-state index contributed by atoms with van der Waals surface area (Å²) in [5.41, 5.74) is 0.494. The van der Waals surface area contributed by atoms with Gasteiger partial charge in [0.15, 0.2) is 12.4 Å². The molecule has 3 rings (SSSR count). The summed E-state index contributed by atoms with van der Waals surface area (Å²) in [6.45, 7) is 4.91. The predicted molar refractivity (Wildman–Crippen MR) is 102 cm³/mol. The molecule has 0 spiro atoms. The summed E-state index contributed by atoms with van der Waals surface area (Å²) in [6, 6.07) is 13.3. The van der Waals surface area contributed by atoms with E-state index in [2.05, 4.69) is 0 Å². The van der Waals surface area contributed by atoms with Crippen LogP contribution in [0.3, 0.4) is 0 Å². The highest BCUT2D eigenvalue weighted by atomic mass is 16.8. The SMILES string of the molecule is CCOC(=O)C(C(C1=C(O)OC(C)(C)OC1=O)c1ccccc1)[n+]1ccccc1. The third-order valence-corrected chi connectivity index (χ3v) is 4.50. The Hall–Kier alpha value is -3.35. The Morgan fingerprint density at radius 3 is 2.31 bits per heavy atom. The van der Waals surface area contributed by atoms with Crippen LogP contribution >= 0.6 is 0 Å². The van der Waals surface area contributed by atoms with E-state index in [0.29, 0.717) is 5.56 Å². The highest BCUT2D eigenvalue weighted by Gasteiger charge is 2.49. The van der Waals surface area contributed by atoms with Crippen molar-refractivity contribution in [1.82, 2.24) is 0 Å². The van der Waals surface area contributed by atoms with E-state index in [-0.39, 0.29) is 12.2 Å². The maximum Gasteiger partial charge on any atom is 0.376 e. The molecule has 7 nitrogen and oxygen atoms in total. The fourth-order valence-corrected chi connectivity index (χ4v) is 3.36. The number of ether oxygens (including phenoxy) is 3. The second-order valence-corrected chi connectivity index (χ2v) is 7.02. The topological polar surface area (TPSA) is 85.9 Å². The van der Waals surface area contributed by atoms with E-state index < -0.39 is 35.6 Å². The van der Waals surface area contributed by atoms with Crippen LogP contribution in [0.2, 0.25) is 0 Å². The zero-order chi connectivity index (χ0) is 21.0. The molecule has 2 atom stereocenters. The van der Waals surface area contributed by atoms with Gasteiger partial charge in [-0.2, -0.15) is 4.57 Å². The van der Waals surface area contributed by atoms with Gasteiger partial charge in [-0.05, 0) is 12.5 Å². The molecule has 0 saturated heterocycles. The van der Waals surface area contributed by atoms with E-state index in [4.69, 9.17) is 14.2 Å². The highest BCUT2D eigenvalue weighted by molar-refractivity contribution is 5.93. The Morgan fingerprint density at radius 1 is 1.10 bits per heavy atom. The molecule has 0 saturated carbocycles. The molecule has 1 aromatic heterocycles. The lowest BCUT2D eigenvalue weighted by Gasteiger charge is -2.33. The molecule has 152 valence electrons. The molecule has 1 aromatic carbocycles. The maximum absolute atomic E-state index is 13.0. The van der Waals surface area contributed by atoms with Crippen molar-refractivity contribution in [3.8, 4) is 0 Å². The molecule has 0 radical (unpaired) electrons. The van der Waals surface area contributed by atoms with E-state index in [1.807, 2.05) is 12.1 Å². The van der Waals surface area contributed by atoms with Crippen LogP contribution in [-0.4, -0.2) is 29.4 Å². The smallest absolute Gasteiger partial charge is 0.376 e. The van der Waals surface area contributed by atoms with Crippen LogP contribution in [0.5, 0.6) is 0 Å². The van der Waals surface area contributed by atoms with Gasteiger partial charge in [0.05, 0.1) is 12.5 Å². The number of carbonyl (C=O) groups excluding carboxylic acids is 2. The second kappa shape index (κ2) is 8.34. The number of pyridine rings is 1. The lowest BCUT2D eigenvalue weighted by atomic mass is 9.84. The Bertz CT molecular complexity index is 907. The number of hydrogen-bond donors (Lipinski definition) is 1. The van der Waals surface area contributed by atoms with Crippen LogP contribution in [0.25, 0.3) is 0 Å². The summed E-state index contributed by atoms with van der Waals surface area (Å²) in [6.07, 6.45) is 3.40. The van der Waals surface area contributed by atoms with Gasteiger partial charge in [-0.3, -0.25) is 0 Å². The monoisotopic (exact) mass is 398 g/mol. The summed E-state index contributed by atoms with van der Waals surface area (Å²) < 4.78 is 17.7. The number of aliphatic hydroxyl groups excluding tert-OH is 1. The van der Waals surface area contributed by atoms with Crippen LogP contribution in [0.1, 0.15) is 38.3 Å². The van der Waals surface area contributed by atoms with Gasteiger partial charge in [0.2, 0.25) is 0 Å². The molecule has 1 aliphatic rings. The van der Waals surface area contributed by atoms with Crippen LogP contribution in [0.15, 0.2) is 72.4 Å². The molecule has 2 unspecified atom stereocenters. The third kappa shape index (κ3) is 4.39. The zero-order valence-electron chi connectivity index (χ0n) is 16.6. The quantitative estimate of drug-likeness (QED) is 0.595. The van der Waals surface area contributed by atoms with Gasteiger partial charge in [0.1, 0.15) is 5.57 Å². The van der Waals surface area contributed by atoms with Crippen LogP contribution < -0.4 is 4.57 Å². The summed E-state index contributed by atoms with van der Waals surface area (Å²) >= 11 is 0. The molecule has 29 heavy (non-hydrogen) atoms. The Kier molecular flexibility index (Phi) is 5.87. The van der Waals surface area contributed by atoms with Gasteiger partial charge in [-0.15, -0.1) is 0 Å². The third-order valence-electron chi connectivity index (χ3n) is 4.50. The number of rotatable bonds is 6. The fraction of sp³-hybridized carbons (Fsp3) is 0.318. The van der Waals surface area contributed by atoms with Crippen LogP contribution in [0, 0.1) is 0 Å². The summed E-state index contributed by atoms with van der Waals surface area (Å²) in [5.74, 6) is -4.07. The van der Waals surface area contributed by atoms with E-state index in [9.17, 15) is 14.7 Å². The van der Waals surface area contributed by atoms with E-state index in [1.54, 1.807) is 60.3 Å². The first kappa shape index (κ1) is 20.4. The molecular formula is C22H24NO6+. The number of aromatic nitrogens is 1. The number of benzene rings is 1. The van der Waals surface area contributed by atoms with Gasteiger partial charge in [-0.25, -0.2) is 9.59 Å². The van der Waals surface area contributed by atoms with Crippen molar-refractivity contribution in [3.63, 3.8) is 0 Å². The molecule has 1 N–H and O–H groups in total. The lowest BCUT2D eigenvalue weighted by Crippen LogP contribution is -2.50. The van der Waals surface area contributed by atoms with E-state index in [0.717, 1.165) is 0 Å². The molecule has 0 aliphatic carbocycles. The molecule has 2 aromatic rings. The summed E-state index contributed by atoms with van der Waals surface area (Å²) in [5, 5.41) is 10.6. The second-order valence-electron chi connectivity index (χ2n) is 7.02. The Morgan fingerprint density at radius 2 is 1.72 bits per heavy atom. The average molecular weight is 398 g/mol. The van der Waals surface area contributed by atoms with Gasteiger partial charge < -0.3 is 19.3 Å². The molecule has 7 heteroatoms. The van der Waals surface area contributed by atoms with Gasteiger partial charge >= 0.3 is 11.9 Å².